The maximum absolute atomic E-state index is 9.78. The third kappa shape index (κ3) is 10.2. The van der Waals surface area contributed by atoms with Crippen LogP contribution in [-0.4, -0.2) is 22.2 Å². The van der Waals surface area contributed by atoms with Gasteiger partial charge < -0.3 is 15.9 Å². The molecule has 0 radical (unpaired) electrons. The minimum absolute atomic E-state index is 0.167. The lowest BCUT2D eigenvalue weighted by Gasteiger charge is -1.84. The number of nitrogens with two attached hydrogens (primary N) is 1. The van der Waals surface area contributed by atoms with Gasteiger partial charge in [-0.3, -0.25) is 0 Å². The first kappa shape index (κ1) is 13.8. The van der Waals surface area contributed by atoms with Gasteiger partial charge in [-0.15, -0.1) is 0 Å². The lowest BCUT2D eigenvalue weighted by molar-refractivity contribution is -0.133. The zero-order valence-electron chi connectivity index (χ0n) is 7.57. The normalized spacial score (nSPS) is 9.54. The molecule has 4 N–H and O–H groups in total. The third-order valence-electron chi connectivity index (χ3n) is 0.952. The van der Waals surface area contributed by atoms with Gasteiger partial charge in [-0.1, -0.05) is 6.58 Å². The summed E-state index contributed by atoms with van der Waals surface area (Å²) in [6.45, 7) is 6.03. The van der Waals surface area contributed by atoms with Gasteiger partial charge in [0.2, 0.25) is 0 Å². The number of hydrogen-bond acceptors (Lipinski definition) is 3. The summed E-state index contributed by atoms with van der Waals surface area (Å²) in [4.78, 5) is 19.4. The molecule has 0 heterocycles. The van der Waals surface area contributed by atoms with Gasteiger partial charge >= 0.3 is 11.9 Å². The van der Waals surface area contributed by atoms with Crippen molar-refractivity contribution in [2.45, 2.75) is 13.8 Å². The number of carboxylic acids is 2. The Morgan fingerprint density at radius 3 is 1.54 bits per heavy atom. The predicted molar refractivity (Wildman–Crippen MR) is 48.0 cm³/mol. The van der Waals surface area contributed by atoms with Gasteiger partial charge in [0.25, 0.3) is 0 Å². The predicted octanol–water partition coefficient (Wildman–Crippen LogP) is 0.581. The standard InChI is InChI=1S/C4H7NO2.C4H6O2/c1-3(2-5)4(6)7;1-3(2)4(5)6/h2H,5H2,1H3,(H,6,7);1H2,2H3,(H,5,6). The molecule has 0 aromatic carbocycles. The summed E-state index contributed by atoms with van der Waals surface area (Å²) < 4.78 is 0. The monoisotopic (exact) mass is 187 g/mol. The molecule has 74 valence electrons. The van der Waals surface area contributed by atoms with E-state index in [9.17, 15) is 9.59 Å². The topological polar surface area (TPSA) is 101 Å². The summed E-state index contributed by atoms with van der Waals surface area (Å²) in [7, 11) is 0. The van der Waals surface area contributed by atoms with Crippen LogP contribution in [0.2, 0.25) is 0 Å². The number of rotatable bonds is 2. The molecule has 0 aliphatic heterocycles. The van der Waals surface area contributed by atoms with Gasteiger partial charge in [0, 0.05) is 17.3 Å². The molecule has 5 nitrogen and oxygen atoms in total. The Hall–Kier alpha value is -1.78. The molecular weight excluding hydrogens is 174 g/mol. The van der Waals surface area contributed by atoms with E-state index in [1.54, 1.807) is 0 Å². The molecule has 0 aliphatic rings. The molecule has 0 saturated carbocycles. The van der Waals surface area contributed by atoms with Crippen molar-refractivity contribution in [2.75, 3.05) is 0 Å². The van der Waals surface area contributed by atoms with E-state index in [-0.39, 0.29) is 11.1 Å². The van der Waals surface area contributed by atoms with Crippen molar-refractivity contribution in [1.29, 1.82) is 0 Å². The zero-order valence-corrected chi connectivity index (χ0v) is 7.57. The molecule has 0 bridgehead atoms. The van der Waals surface area contributed by atoms with Crippen molar-refractivity contribution in [2.24, 2.45) is 5.73 Å². The number of hydrogen-bond donors (Lipinski definition) is 3. The van der Waals surface area contributed by atoms with Gasteiger partial charge in [0.15, 0.2) is 0 Å². The molecule has 0 atom stereocenters. The number of carbonyl (C=O) groups is 2. The zero-order chi connectivity index (χ0) is 11.0. The fourth-order valence-electron chi connectivity index (χ4n) is 0.0713. The van der Waals surface area contributed by atoms with Crippen molar-refractivity contribution >= 4 is 11.9 Å². The van der Waals surface area contributed by atoms with Crippen LogP contribution in [0.4, 0.5) is 0 Å². The first-order chi connectivity index (χ1) is 5.82. The van der Waals surface area contributed by atoms with E-state index in [4.69, 9.17) is 15.9 Å². The molecule has 0 spiro atoms. The first-order valence-corrected chi connectivity index (χ1v) is 3.33. The van der Waals surface area contributed by atoms with E-state index in [2.05, 4.69) is 6.58 Å². The van der Waals surface area contributed by atoms with E-state index >= 15 is 0 Å². The second kappa shape index (κ2) is 6.90. The van der Waals surface area contributed by atoms with Crippen LogP contribution in [0.5, 0.6) is 0 Å². The average molecular weight is 187 g/mol. The molecule has 0 unspecified atom stereocenters. The highest BCUT2D eigenvalue weighted by atomic mass is 16.4. The summed E-state index contributed by atoms with van der Waals surface area (Å²) in [6.07, 6.45) is 1.06. The van der Waals surface area contributed by atoms with E-state index in [0.29, 0.717) is 0 Å². The summed E-state index contributed by atoms with van der Waals surface area (Å²) >= 11 is 0. The van der Waals surface area contributed by atoms with Crippen LogP contribution in [-0.2, 0) is 9.59 Å². The molecule has 0 rings (SSSR count). The van der Waals surface area contributed by atoms with E-state index in [1.165, 1.54) is 13.8 Å². The Morgan fingerprint density at radius 1 is 1.23 bits per heavy atom. The average Bonchev–Trinajstić information content (AvgIpc) is 2.03. The number of carboxylic acid groups (broad SMARTS) is 2. The van der Waals surface area contributed by atoms with Gasteiger partial charge in [-0.25, -0.2) is 9.59 Å². The Morgan fingerprint density at radius 2 is 1.54 bits per heavy atom. The third-order valence-corrected chi connectivity index (χ3v) is 0.952. The second-order valence-electron chi connectivity index (χ2n) is 2.24. The first-order valence-electron chi connectivity index (χ1n) is 3.33. The van der Waals surface area contributed by atoms with Gasteiger partial charge in [0.1, 0.15) is 0 Å². The quantitative estimate of drug-likeness (QED) is 0.549. The second-order valence-corrected chi connectivity index (χ2v) is 2.24. The van der Waals surface area contributed by atoms with Gasteiger partial charge in [0.05, 0.1) is 0 Å². The lowest BCUT2D eigenvalue weighted by atomic mass is 10.3. The minimum Gasteiger partial charge on any atom is -0.478 e. The van der Waals surface area contributed by atoms with Gasteiger partial charge in [-0.05, 0) is 13.8 Å². The molecule has 0 fully saturated rings. The van der Waals surface area contributed by atoms with Crippen LogP contribution < -0.4 is 5.73 Å². The maximum atomic E-state index is 9.78. The summed E-state index contributed by atoms with van der Waals surface area (Å²) in [5.74, 6) is -1.91. The Kier molecular flexibility index (Phi) is 7.32. The van der Waals surface area contributed by atoms with Crippen molar-refractivity contribution < 1.29 is 19.8 Å². The Labute approximate surface area is 76.2 Å². The summed E-state index contributed by atoms with van der Waals surface area (Å²) in [5.41, 5.74) is 5.17. The van der Waals surface area contributed by atoms with Crippen molar-refractivity contribution in [3.05, 3.63) is 23.9 Å². The van der Waals surface area contributed by atoms with Crippen molar-refractivity contribution in [3.63, 3.8) is 0 Å². The van der Waals surface area contributed by atoms with Gasteiger partial charge in [-0.2, -0.15) is 0 Å². The SMILES string of the molecule is C=C(C)C(=O)O.CC(=CN)C(=O)O. The van der Waals surface area contributed by atoms with E-state index in [0.717, 1.165) is 6.20 Å². The van der Waals surface area contributed by atoms with Crippen LogP contribution in [0.15, 0.2) is 23.9 Å². The van der Waals surface area contributed by atoms with Crippen LogP contribution >= 0.6 is 0 Å². The lowest BCUT2D eigenvalue weighted by Crippen LogP contribution is -1.98. The molecule has 5 heteroatoms. The molecular formula is C8H13NO4. The summed E-state index contributed by atoms with van der Waals surface area (Å²) in [5, 5.41) is 15.9. The Bertz CT molecular complexity index is 231. The van der Waals surface area contributed by atoms with Crippen LogP contribution in [0.3, 0.4) is 0 Å². The summed E-state index contributed by atoms with van der Waals surface area (Å²) in [6, 6.07) is 0. The largest absolute Gasteiger partial charge is 0.478 e. The minimum atomic E-state index is -0.970. The molecule has 0 aromatic rings. The highest BCUT2D eigenvalue weighted by Crippen LogP contribution is 1.84. The highest BCUT2D eigenvalue weighted by molar-refractivity contribution is 5.85. The molecule has 13 heavy (non-hydrogen) atoms. The van der Waals surface area contributed by atoms with Crippen LogP contribution in [0, 0.1) is 0 Å². The Balaban J connectivity index is 0. The molecule has 0 aliphatic carbocycles. The van der Waals surface area contributed by atoms with Crippen molar-refractivity contribution in [3.8, 4) is 0 Å². The highest BCUT2D eigenvalue weighted by Gasteiger charge is 1.94. The number of aliphatic carboxylic acids is 2. The van der Waals surface area contributed by atoms with E-state index in [1.807, 2.05) is 0 Å². The van der Waals surface area contributed by atoms with Crippen LogP contribution in [0.25, 0.3) is 0 Å². The molecule has 0 aromatic heterocycles. The fraction of sp³-hybridized carbons (Fsp3) is 0.250. The smallest absolute Gasteiger partial charge is 0.332 e. The van der Waals surface area contributed by atoms with Crippen molar-refractivity contribution in [1.82, 2.24) is 0 Å². The van der Waals surface area contributed by atoms with Crippen LogP contribution in [0.1, 0.15) is 13.8 Å². The maximum Gasteiger partial charge on any atom is 0.332 e. The molecule has 0 saturated heterocycles. The molecule has 0 amide bonds. The fourth-order valence-corrected chi connectivity index (χ4v) is 0.0713. The van der Waals surface area contributed by atoms with E-state index < -0.39 is 11.9 Å².